The maximum Gasteiger partial charge on any atom is 0.333 e. The highest BCUT2D eigenvalue weighted by atomic mass is 32.1. The number of anilines is 5. The maximum absolute atomic E-state index is 7.28. The average molecular weight is 971 g/mol. The SMILES string of the molecule is CC(C)(C)c1ccc(N2B3c4cc5sccc5cc4N(c4ccc(C(C)(C)C)cc4-c4ccccc4)c4cc5c(oc6ccccc65)c(c43)-c3cc4c(cc32)sc2cc3c(cc24)C(C)(C)CCC3(C)C)cc1. The molecule has 0 radical (unpaired) electrons. The summed E-state index contributed by atoms with van der Waals surface area (Å²) in [6.07, 6.45) is 2.37. The fourth-order valence-electron chi connectivity index (χ4n) is 12.7. The molecule has 3 aromatic heterocycles. The Balaban J connectivity index is 1.15. The van der Waals surface area contributed by atoms with Crippen LogP contribution in [0.15, 0.2) is 155 Å². The Morgan fingerprint density at radius 3 is 1.97 bits per heavy atom. The van der Waals surface area contributed by atoms with Crippen molar-refractivity contribution in [3.63, 3.8) is 0 Å². The summed E-state index contributed by atoms with van der Waals surface area (Å²) >= 11 is 3.79. The number of thiophene rings is 2. The van der Waals surface area contributed by atoms with Gasteiger partial charge in [0, 0.05) is 75.1 Å². The Kier molecular flexibility index (Phi) is 9.19. The zero-order valence-electron chi connectivity index (χ0n) is 43.0. The van der Waals surface area contributed by atoms with Crippen LogP contribution in [0.1, 0.15) is 104 Å². The van der Waals surface area contributed by atoms with Gasteiger partial charge in [0.2, 0.25) is 0 Å². The van der Waals surface area contributed by atoms with Crippen LogP contribution in [-0.4, -0.2) is 6.85 Å². The molecule has 72 heavy (non-hydrogen) atoms. The van der Waals surface area contributed by atoms with Gasteiger partial charge in [-0.25, -0.2) is 0 Å². The number of fused-ring (bicyclic) bond motifs is 13. The predicted molar refractivity (Wildman–Crippen MR) is 314 cm³/mol. The van der Waals surface area contributed by atoms with Crippen molar-refractivity contribution in [1.82, 2.24) is 0 Å². The van der Waals surface area contributed by atoms with Crippen LogP contribution < -0.4 is 20.6 Å². The monoisotopic (exact) mass is 970 g/mol. The first-order valence-corrected chi connectivity index (χ1v) is 27.6. The van der Waals surface area contributed by atoms with Crippen molar-refractivity contribution in [2.75, 3.05) is 9.71 Å². The Morgan fingerprint density at radius 1 is 0.542 bits per heavy atom. The molecule has 1 aliphatic carbocycles. The molecule has 0 saturated carbocycles. The van der Waals surface area contributed by atoms with Crippen LogP contribution in [0.3, 0.4) is 0 Å². The van der Waals surface area contributed by atoms with Crippen molar-refractivity contribution < 1.29 is 4.42 Å². The van der Waals surface area contributed by atoms with Crippen molar-refractivity contribution in [2.24, 2.45) is 0 Å². The Bertz CT molecular complexity index is 4080. The van der Waals surface area contributed by atoms with E-state index in [1.54, 1.807) is 0 Å². The normalized spacial score (nSPS) is 15.9. The van der Waals surface area contributed by atoms with Crippen LogP contribution in [0.25, 0.3) is 74.5 Å². The van der Waals surface area contributed by atoms with Gasteiger partial charge in [0.05, 0.1) is 5.69 Å². The van der Waals surface area contributed by atoms with Crippen molar-refractivity contribution in [3.05, 3.63) is 173 Å². The molecule has 2 aliphatic heterocycles. The molecule has 0 fully saturated rings. The molecule has 5 heterocycles. The lowest BCUT2D eigenvalue weighted by Gasteiger charge is -2.46. The van der Waals surface area contributed by atoms with Gasteiger partial charge >= 0.3 is 6.85 Å². The Morgan fingerprint density at radius 2 is 1.22 bits per heavy atom. The molecule has 0 spiro atoms. The zero-order chi connectivity index (χ0) is 49.4. The molecule has 0 unspecified atom stereocenters. The van der Waals surface area contributed by atoms with Crippen LogP contribution in [0.4, 0.5) is 28.4 Å². The molecule has 0 bridgehead atoms. The lowest BCUT2D eigenvalue weighted by atomic mass is 9.43. The summed E-state index contributed by atoms with van der Waals surface area (Å²) in [4.78, 5) is 5.32. The van der Waals surface area contributed by atoms with E-state index in [0.717, 1.165) is 21.9 Å². The number of benzene rings is 8. The Hall–Kier alpha value is -6.60. The lowest BCUT2D eigenvalue weighted by molar-refractivity contribution is 0.332. The second-order valence-electron chi connectivity index (χ2n) is 24.4. The van der Waals surface area contributed by atoms with Crippen molar-refractivity contribution in [2.45, 2.75) is 104 Å². The average Bonchev–Trinajstić information content (AvgIpc) is 4.08. The lowest BCUT2D eigenvalue weighted by Crippen LogP contribution is -2.61. The van der Waals surface area contributed by atoms with Crippen LogP contribution in [-0.2, 0) is 21.7 Å². The van der Waals surface area contributed by atoms with Crippen molar-refractivity contribution in [3.8, 4) is 22.3 Å². The third-order valence-electron chi connectivity index (χ3n) is 16.9. The molecule has 6 heteroatoms. The van der Waals surface area contributed by atoms with Gasteiger partial charge in [-0.1, -0.05) is 136 Å². The van der Waals surface area contributed by atoms with Gasteiger partial charge < -0.3 is 14.1 Å². The summed E-state index contributed by atoms with van der Waals surface area (Å²) in [6, 6.07) is 56.4. The molecule has 354 valence electrons. The molecular formula is C66H59BN2OS2. The van der Waals surface area contributed by atoms with E-state index in [9.17, 15) is 0 Å². The first-order valence-electron chi connectivity index (χ1n) is 25.9. The fraction of sp³-hybridized carbons (Fsp3) is 0.242. The molecule has 14 rings (SSSR count). The van der Waals surface area contributed by atoms with Gasteiger partial charge in [-0.05, 0) is 163 Å². The summed E-state index contributed by atoms with van der Waals surface area (Å²) < 4.78 is 11.3. The predicted octanol–water partition coefficient (Wildman–Crippen LogP) is 18.5. The van der Waals surface area contributed by atoms with E-state index < -0.39 is 0 Å². The summed E-state index contributed by atoms with van der Waals surface area (Å²) in [7, 11) is 0. The van der Waals surface area contributed by atoms with E-state index in [1.165, 1.54) is 127 Å². The van der Waals surface area contributed by atoms with Gasteiger partial charge in [-0.15, -0.1) is 22.7 Å². The second kappa shape index (κ2) is 15.0. The summed E-state index contributed by atoms with van der Waals surface area (Å²) in [6.45, 7) is 23.5. The number of para-hydroxylation sites is 1. The minimum atomic E-state index is -0.173. The molecule has 0 atom stereocenters. The van der Waals surface area contributed by atoms with Gasteiger partial charge in [-0.3, -0.25) is 0 Å². The number of rotatable bonds is 3. The molecular weight excluding hydrogens is 912 g/mol. The first kappa shape index (κ1) is 44.1. The van der Waals surface area contributed by atoms with Gasteiger partial charge in [0.25, 0.3) is 0 Å². The molecule has 3 aliphatic rings. The van der Waals surface area contributed by atoms with Crippen molar-refractivity contribution in [1.29, 1.82) is 0 Å². The highest BCUT2D eigenvalue weighted by Gasteiger charge is 2.48. The van der Waals surface area contributed by atoms with E-state index in [0.29, 0.717) is 0 Å². The summed E-state index contributed by atoms with van der Waals surface area (Å²) in [5, 5.41) is 8.45. The number of furan rings is 1. The Labute approximate surface area is 431 Å². The van der Waals surface area contributed by atoms with Gasteiger partial charge in [0.1, 0.15) is 11.2 Å². The number of hydrogen-bond donors (Lipinski definition) is 0. The molecule has 0 saturated heterocycles. The topological polar surface area (TPSA) is 19.6 Å². The standard InChI is InChI=1S/C66H59BN2OS2/c1-63(2,3)40-20-23-42(24-21-40)69-53-37-59-45(46-33-49-50(35-58(46)72-59)66(9,10)28-27-65(49,7)8)32-48(53)60-61-55(34-47-43-18-14-15-19-56(43)70-62(47)60)68(54-30-39-26-29-71-57(39)36-51(54)67(61)69)52-25-22-41(64(4,5)6)31-44(52)38-16-12-11-13-17-38/h11-26,29-37H,27-28H2,1-10H3. The largest absolute Gasteiger partial charge is 0.455 e. The quantitative estimate of drug-likeness (QED) is 0.165. The molecule has 11 aromatic rings. The molecule has 0 N–H and O–H groups in total. The number of hydrogen-bond acceptors (Lipinski definition) is 5. The molecule has 0 amide bonds. The highest BCUT2D eigenvalue weighted by molar-refractivity contribution is 7.26. The fourth-order valence-corrected chi connectivity index (χ4v) is 14.7. The third kappa shape index (κ3) is 6.40. The second-order valence-corrected chi connectivity index (χ2v) is 26.4. The van der Waals surface area contributed by atoms with Crippen LogP contribution in [0, 0.1) is 0 Å². The minimum Gasteiger partial charge on any atom is -0.455 e. The van der Waals surface area contributed by atoms with E-state index in [2.05, 4.69) is 230 Å². The van der Waals surface area contributed by atoms with Crippen molar-refractivity contribution >= 4 is 121 Å². The molecule has 8 aromatic carbocycles. The van der Waals surface area contributed by atoms with E-state index in [-0.39, 0.29) is 28.5 Å². The van der Waals surface area contributed by atoms with Crippen LogP contribution in [0.5, 0.6) is 0 Å². The number of nitrogens with zero attached hydrogens (tertiary/aromatic N) is 2. The maximum atomic E-state index is 7.28. The van der Waals surface area contributed by atoms with Crippen LogP contribution >= 0.6 is 22.7 Å². The van der Waals surface area contributed by atoms with Gasteiger partial charge in [-0.2, -0.15) is 0 Å². The van der Waals surface area contributed by atoms with E-state index in [1.807, 2.05) is 22.7 Å². The smallest absolute Gasteiger partial charge is 0.333 e. The highest BCUT2D eigenvalue weighted by Crippen LogP contribution is 2.55. The molecule has 3 nitrogen and oxygen atoms in total. The van der Waals surface area contributed by atoms with Crippen LogP contribution in [0.2, 0.25) is 0 Å². The summed E-state index contributed by atoms with van der Waals surface area (Å²) in [5.41, 5.74) is 21.0. The summed E-state index contributed by atoms with van der Waals surface area (Å²) in [5.74, 6) is 0. The van der Waals surface area contributed by atoms with Gasteiger partial charge in [0.15, 0.2) is 0 Å². The first-order chi connectivity index (χ1) is 34.4. The third-order valence-corrected chi connectivity index (χ3v) is 18.9. The van der Waals surface area contributed by atoms with E-state index in [4.69, 9.17) is 4.42 Å². The van der Waals surface area contributed by atoms with E-state index >= 15 is 0 Å². The minimum absolute atomic E-state index is 0.0122. The zero-order valence-corrected chi connectivity index (χ0v) is 44.7.